The molecule has 7 nitrogen and oxygen atoms in total. The van der Waals surface area contributed by atoms with Crippen molar-refractivity contribution in [1.29, 1.82) is 0 Å². The smallest absolute Gasteiger partial charge is 0.406 e. The van der Waals surface area contributed by atoms with E-state index in [2.05, 4.69) is 15.3 Å². The van der Waals surface area contributed by atoms with Gasteiger partial charge in [0.1, 0.15) is 24.0 Å². The van der Waals surface area contributed by atoms with Crippen LogP contribution in [0.15, 0.2) is 73.2 Å². The van der Waals surface area contributed by atoms with Crippen molar-refractivity contribution < 1.29 is 22.7 Å². The van der Waals surface area contributed by atoms with Crippen molar-refractivity contribution in [2.24, 2.45) is 0 Å². The average Bonchev–Trinajstić information content (AvgIpc) is 3.32. The minimum absolute atomic E-state index is 0.277. The number of rotatable bonds is 5. The lowest BCUT2D eigenvalue weighted by Gasteiger charge is -2.26. The summed E-state index contributed by atoms with van der Waals surface area (Å²) in [5.41, 5.74) is 3.95. The van der Waals surface area contributed by atoms with E-state index in [1.54, 1.807) is 50.0 Å². The summed E-state index contributed by atoms with van der Waals surface area (Å²) >= 11 is 0. The Kier molecular flexibility index (Phi) is 6.17. The fraction of sp³-hybridized carbons (Fsp3) is 0.231. The molecule has 0 saturated carbocycles. The molecule has 1 aliphatic heterocycles. The number of carbonyl (C=O) groups excluding carboxylic acids is 1. The molecule has 0 N–H and O–H groups in total. The molecule has 0 bridgehead atoms. The van der Waals surface area contributed by atoms with Crippen molar-refractivity contribution in [3.63, 3.8) is 0 Å². The maximum Gasteiger partial charge on any atom is 0.406 e. The van der Waals surface area contributed by atoms with Gasteiger partial charge in [-0.1, -0.05) is 29.5 Å². The first-order valence-electron chi connectivity index (χ1n) is 11.3. The third-order valence-corrected chi connectivity index (χ3v) is 6.18. The standard InChI is InChI=1S/C26H22F3N5O2/c1-36-24-14-19(6-8-20(24)17-10-12-30-13-11-17)21-15-34(32-31-21)23-9-7-18-4-2-3-5-22(18)33(25(23)35)16-26(27,28)29/h2-6,8,10-15,23H,7,9,16H2,1H3. The van der Waals surface area contributed by atoms with Gasteiger partial charge in [-0.2, -0.15) is 13.2 Å². The number of pyridine rings is 1. The number of carbonyl (C=O) groups is 1. The van der Waals surface area contributed by atoms with E-state index in [4.69, 9.17) is 4.74 Å². The number of anilines is 1. The highest BCUT2D eigenvalue weighted by Gasteiger charge is 2.39. The van der Waals surface area contributed by atoms with E-state index in [-0.39, 0.29) is 5.69 Å². The molecule has 1 aliphatic rings. The van der Waals surface area contributed by atoms with E-state index >= 15 is 0 Å². The highest BCUT2D eigenvalue weighted by molar-refractivity contribution is 5.97. The van der Waals surface area contributed by atoms with E-state index in [9.17, 15) is 18.0 Å². The first-order chi connectivity index (χ1) is 17.3. The lowest BCUT2D eigenvalue weighted by molar-refractivity contribution is -0.134. The number of hydrogen-bond donors (Lipinski definition) is 0. The molecule has 10 heteroatoms. The molecular formula is C26H22F3N5O2. The molecule has 2 aromatic heterocycles. The van der Waals surface area contributed by atoms with Crippen molar-refractivity contribution in [1.82, 2.24) is 20.0 Å². The van der Waals surface area contributed by atoms with Crippen LogP contribution in [0.2, 0.25) is 0 Å². The van der Waals surface area contributed by atoms with Crippen LogP contribution in [-0.2, 0) is 11.2 Å². The van der Waals surface area contributed by atoms with Crippen LogP contribution in [0.1, 0.15) is 18.0 Å². The zero-order valence-corrected chi connectivity index (χ0v) is 19.3. The minimum atomic E-state index is -4.54. The maximum atomic E-state index is 13.4. The number of nitrogens with zero attached hydrogens (tertiary/aromatic N) is 5. The van der Waals surface area contributed by atoms with Crippen molar-refractivity contribution in [2.45, 2.75) is 25.1 Å². The molecule has 0 saturated heterocycles. The predicted octanol–water partition coefficient (Wildman–Crippen LogP) is 5.10. The van der Waals surface area contributed by atoms with Gasteiger partial charge in [0.15, 0.2) is 0 Å². The molecule has 1 unspecified atom stereocenters. The van der Waals surface area contributed by atoms with E-state index < -0.39 is 24.7 Å². The number of amides is 1. The fourth-order valence-corrected chi connectivity index (χ4v) is 4.47. The van der Waals surface area contributed by atoms with E-state index in [1.165, 1.54) is 4.68 Å². The van der Waals surface area contributed by atoms with Crippen molar-refractivity contribution in [3.8, 4) is 28.1 Å². The zero-order chi connectivity index (χ0) is 25.3. The summed E-state index contributed by atoms with van der Waals surface area (Å²) in [5.74, 6) is -0.0510. The lowest BCUT2D eigenvalue weighted by Crippen LogP contribution is -2.42. The molecule has 4 aromatic rings. The molecule has 1 atom stereocenters. The topological polar surface area (TPSA) is 73.1 Å². The Labute approximate surface area is 205 Å². The number of benzene rings is 2. The van der Waals surface area contributed by atoms with Gasteiger partial charge in [0.2, 0.25) is 0 Å². The summed E-state index contributed by atoms with van der Waals surface area (Å²) in [4.78, 5) is 18.2. The van der Waals surface area contributed by atoms with Gasteiger partial charge < -0.3 is 9.64 Å². The highest BCUT2D eigenvalue weighted by Crippen LogP contribution is 2.36. The van der Waals surface area contributed by atoms with Crippen LogP contribution in [0.5, 0.6) is 5.75 Å². The van der Waals surface area contributed by atoms with E-state index in [0.717, 1.165) is 16.0 Å². The van der Waals surface area contributed by atoms with Crippen molar-refractivity contribution in [2.75, 3.05) is 18.6 Å². The number of fused-ring (bicyclic) bond motifs is 1. The quantitative estimate of drug-likeness (QED) is 0.387. The van der Waals surface area contributed by atoms with Crippen LogP contribution in [0.3, 0.4) is 0 Å². The Balaban J connectivity index is 1.46. The highest BCUT2D eigenvalue weighted by atomic mass is 19.4. The third kappa shape index (κ3) is 4.66. The largest absolute Gasteiger partial charge is 0.496 e. The Morgan fingerprint density at radius 3 is 2.58 bits per heavy atom. The number of aromatic nitrogens is 4. The summed E-state index contributed by atoms with van der Waals surface area (Å²) in [5, 5.41) is 8.33. The minimum Gasteiger partial charge on any atom is -0.496 e. The van der Waals surface area contributed by atoms with Gasteiger partial charge in [-0.05, 0) is 54.3 Å². The van der Waals surface area contributed by atoms with Gasteiger partial charge in [0.25, 0.3) is 5.91 Å². The number of halogens is 3. The van der Waals surface area contributed by atoms with Crippen molar-refractivity contribution in [3.05, 3.63) is 78.8 Å². The normalized spacial score (nSPS) is 15.9. The van der Waals surface area contributed by atoms with Crippen LogP contribution >= 0.6 is 0 Å². The number of methoxy groups -OCH3 is 1. The predicted molar refractivity (Wildman–Crippen MR) is 127 cm³/mol. The number of ether oxygens (including phenoxy) is 1. The monoisotopic (exact) mass is 493 g/mol. The maximum absolute atomic E-state index is 13.4. The fourth-order valence-electron chi connectivity index (χ4n) is 4.47. The van der Waals surface area contributed by atoms with Crippen LogP contribution < -0.4 is 9.64 Å². The van der Waals surface area contributed by atoms with Gasteiger partial charge in [0, 0.05) is 29.2 Å². The van der Waals surface area contributed by atoms with E-state index in [0.29, 0.717) is 35.4 Å². The molecule has 5 rings (SSSR count). The average molecular weight is 493 g/mol. The van der Waals surface area contributed by atoms with Crippen LogP contribution in [0.25, 0.3) is 22.4 Å². The van der Waals surface area contributed by atoms with Crippen molar-refractivity contribution >= 4 is 11.6 Å². The summed E-state index contributed by atoms with van der Waals surface area (Å²) in [6.45, 7) is -1.37. The molecule has 36 heavy (non-hydrogen) atoms. The van der Waals surface area contributed by atoms with Gasteiger partial charge in [-0.25, -0.2) is 4.68 Å². The SMILES string of the molecule is COc1cc(-c2cn(C3CCc4ccccc4N(CC(F)(F)F)C3=O)nn2)ccc1-c1ccncc1. The first kappa shape index (κ1) is 23.5. The lowest BCUT2D eigenvalue weighted by atomic mass is 10.0. The summed E-state index contributed by atoms with van der Waals surface area (Å²) < 4.78 is 47.1. The molecule has 0 radical (unpaired) electrons. The summed E-state index contributed by atoms with van der Waals surface area (Å²) in [6.07, 6.45) is 1.17. The number of hydrogen-bond acceptors (Lipinski definition) is 5. The Hall–Kier alpha value is -4.21. The molecule has 3 heterocycles. The second-order valence-corrected chi connectivity index (χ2v) is 8.46. The van der Waals surface area contributed by atoms with Crippen LogP contribution in [-0.4, -0.2) is 45.7 Å². The third-order valence-electron chi connectivity index (χ3n) is 6.18. The second kappa shape index (κ2) is 9.44. The molecular weight excluding hydrogens is 471 g/mol. The van der Waals surface area contributed by atoms with E-state index in [1.807, 2.05) is 30.3 Å². The molecule has 184 valence electrons. The summed E-state index contributed by atoms with van der Waals surface area (Å²) in [7, 11) is 1.57. The molecule has 0 aliphatic carbocycles. The molecule has 1 amide bonds. The number of para-hydroxylation sites is 1. The van der Waals surface area contributed by atoms with Gasteiger partial charge >= 0.3 is 6.18 Å². The number of alkyl halides is 3. The molecule has 2 aromatic carbocycles. The van der Waals surface area contributed by atoms with Crippen LogP contribution in [0, 0.1) is 0 Å². The Morgan fingerprint density at radius 1 is 1.06 bits per heavy atom. The summed E-state index contributed by atoms with van der Waals surface area (Å²) in [6, 6.07) is 15.1. The molecule has 0 spiro atoms. The molecule has 0 fully saturated rings. The second-order valence-electron chi connectivity index (χ2n) is 8.46. The first-order valence-corrected chi connectivity index (χ1v) is 11.3. The number of aryl methyl sites for hydroxylation is 1. The zero-order valence-electron chi connectivity index (χ0n) is 19.3. The van der Waals surface area contributed by atoms with Gasteiger partial charge in [0.05, 0.1) is 13.3 Å². The Bertz CT molecular complexity index is 1390. The Morgan fingerprint density at radius 2 is 1.83 bits per heavy atom. The van der Waals surface area contributed by atoms with Gasteiger partial charge in [-0.3, -0.25) is 9.78 Å². The van der Waals surface area contributed by atoms with Gasteiger partial charge in [-0.15, -0.1) is 5.10 Å². The van der Waals surface area contributed by atoms with Crippen LogP contribution in [0.4, 0.5) is 18.9 Å².